The van der Waals surface area contributed by atoms with Crippen LogP contribution in [0.1, 0.15) is 19.5 Å². The Morgan fingerprint density at radius 2 is 1.92 bits per heavy atom. The second-order valence-corrected chi connectivity index (χ2v) is 6.25. The van der Waals surface area contributed by atoms with Crippen molar-refractivity contribution in [2.45, 2.75) is 26.8 Å². The van der Waals surface area contributed by atoms with Gasteiger partial charge in [-0.25, -0.2) is 9.48 Å². The van der Waals surface area contributed by atoms with Crippen molar-refractivity contribution < 1.29 is 14.3 Å². The lowest BCUT2D eigenvalue weighted by Crippen LogP contribution is -2.55. The molecule has 1 aliphatic rings. The molecule has 1 aromatic heterocycles. The predicted molar refractivity (Wildman–Crippen MR) is 92.7 cm³/mol. The van der Waals surface area contributed by atoms with Crippen molar-refractivity contribution >= 4 is 12.0 Å². The molecule has 2 aromatic rings. The summed E-state index contributed by atoms with van der Waals surface area (Å²) in [5.41, 5.74) is 1.59. The molecular formula is C18H22N4O3. The van der Waals surface area contributed by atoms with Crippen molar-refractivity contribution in [1.29, 1.82) is 0 Å². The number of piperazine rings is 1. The zero-order valence-electron chi connectivity index (χ0n) is 14.7. The van der Waals surface area contributed by atoms with E-state index in [0.29, 0.717) is 25.5 Å². The summed E-state index contributed by atoms with van der Waals surface area (Å²) in [5.74, 6) is 0.410. The molecule has 1 atom stereocenters. The van der Waals surface area contributed by atoms with Gasteiger partial charge in [0.1, 0.15) is 0 Å². The lowest BCUT2D eigenvalue weighted by molar-refractivity contribution is -0.131. The first-order chi connectivity index (χ1) is 12.0. The van der Waals surface area contributed by atoms with Crippen molar-refractivity contribution in [3.05, 3.63) is 42.1 Å². The van der Waals surface area contributed by atoms with Crippen LogP contribution in [0.3, 0.4) is 0 Å². The van der Waals surface area contributed by atoms with Gasteiger partial charge in [-0.05, 0) is 26.0 Å². The Morgan fingerprint density at radius 1 is 1.20 bits per heavy atom. The van der Waals surface area contributed by atoms with E-state index in [0.717, 1.165) is 11.4 Å². The molecule has 0 bridgehead atoms. The van der Waals surface area contributed by atoms with Gasteiger partial charge in [-0.1, -0.05) is 18.2 Å². The number of rotatable bonds is 2. The minimum absolute atomic E-state index is 0.0256. The lowest BCUT2D eigenvalue weighted by atomic mass is 10.2. The van der Waals surface area contributed by atoms with Gasteiger partial charge in [0.05, 0.1) is 11.4 Å². The number of hydrogen-bond donors (Lipinski definition) is 0. The van der Waals surface area contributed by atoms with Gasteiger partial charge in [0.15, 0.2) is 0 Å². The van der Waals surface area contributed by atoms with Crippen LogP contribution in [0.4, 0.5) is 4.79 Å². The van der Waals surface area contributed by atoms with E-state index in [-0.39, 0.29) is 11.9 Å². The van der Waals surface area contributed by atoms with Gasteiger partial charge >= 0.3 is 6.09 Å². The Balaban J connectivity index is 1.75. The van der Waals surface area contributed by atoms with Crippen LogP contribution in [0.2, 0.25) is 0 Å². The first-order valence-electron chi connectivity index (χ1n) is 8.32. The molecule has 132 valence electrons. The Bertz CT molecular complexity index is 772. The van der Waals surface area contributed by atoms with E-state index in [1.807, 2.05) is 44.2 Å². The Labute approximate surface area is 146 Å². The molecule has 7 heteroatoms. The van der Waals surface area contributed by atoms with E-state index < -0.39 is 6.09 Å². The first-order valence-corrected chi connectivity index (χ1v) is 8.32. The average molecular weight is 342 g/mol. The Hall–Kier alpha value is -2.83. The van der Waals surface area contributed by atoms with E-state index in [1.165, 1.54) is 0 Å². The highest BCUT2D eigenvalue weighted by Gasteiger charge is 2.30. The topological polar surface area (TPSA) is 67.7 Å². The highest BCUT2D eigenvalue weighted by Crippen LogP contribution is 2.21. The minimum Gasteiger partial charge on any atom is -0.391 e. The van der Waals surface area contributed by atoms with Crippen LogP contribution in [0.15, 0.2) is 36.4 Å². The minimum atomic E-state index is -0.423. The quantitative estimate of drug-likeness (QED) is 0.839. The number of nitrogens with zero attached hydrogens (tertiary/aromatic N) is 4. The number of benzene rings is 1. The molecule has 7 nitrogen and oxygen atoms in total. The summed E-state index contributed by atoms with van der Waals surface area (Å²) in [6.07, 6.45) is -0.423. The van der Waals surface area contributed by atoms with Crippen molar-refractivity contribution in [1.82, 2.24) is 19.6 Å². The van der Waals surface area contributed by atoms with E-state index in [9.17, 15) is 9.59 Å². The van der Waals surface area contributed by atoms with Crippen molar-refractivity contribution in [3.63, 3.8) is 0 Å². The standard InChI is InChI=1S/C18H22N4O3/c1-13-11-17(22(19-13)16-7-5-4-6-8-16)25-18(24)21-10-9-20(15(3)23)12-14(21)2/h4-8,11,14H,9-10,12H2,1-3H3. The maximum Gasteiger partial charge on any atom is 0.416 e. The number of ether oxygens (including phenoxy) is 1. The summed E-state index contributed by atoms with van der Waals surface area (Å²) in [4.78, 5) is 27.5. The molecule has 0 aliphatic carbocycles. The predicted octanol–water partition coefficient (Wildman–Crippen LogP) is 2.23. The Morgan fingerprint density at radius 3 is 2.56 bits per heavy atom. The van der Waals surface area contributed by atoms with E-state index >= 15 is 0 Å². The van der Waals surface area contributed by atoms with Crippen LogP contribution in [0, 0.1) is 6.92 Å². The molecule has 2 amide bonds. The summed E-state index contributed by atoms with van der Waals surface area (Å²) in [6, 6.07) is 11.2. The zero-order valence-corrected chi connectivity index (χ0v) is 14.7. The third-order valence-electron chi connectivity index (χ3n) is 4.30. The van der Waals surface area contributed by atoms with Gasteiger partial charge < -0.3 is 14.5 Å². The molecule has 1 saturated heterocycles. The van der Waals surface area contributed by atoms with Crippen LogP contribution in [0.25, 0.3) is 5.69 Å². The molecule has 1 aliphatic heterocycles. The van der Waals surface area contributed by atoms with Gasteiger partial charge in [-0.2, -0.15) is 5.10 Å². The number of para-hydroxylation sites is 1. The van der Waals surface area contributed by atoms with Crippen LogP contribution in [0.5, 0.6) is 5.88 Å². The molecule has 1 unspecified atom stereocenters. The van der Waals surface area contributed by atoms with Crippen molar-refractivity contribution in [2.24, 2.45) is 0 Å². The molecule has 1 aromatic carbocycles. The van der Waals surface area contributed by atoms with Crippen LogP contribution >= 0.6 is 0 Å². The highest BCUT2D eigenvalue weighted by atomic mass is 16.6. The van der Waals surface area contributed by atoms with Gasteiger partial charge in [-0.3, -0.25) is 4.79 Å². The third-order valence-corrected chi connectivity index (χ3v) is 4.30. The summed E-state index contributed by atoms with van der Waals surface area (Å²) in [7, 11) is 0. The van der Waals surface area contributed by atoms with Gasteiger partial charge in [-0.15, -0.1) is 0 Å². The number of amides is 2. The number of aromatic nitrogens is 2. The van der Waals surface area contributed by atoms with Crippen molar-refractivity contribution in [3.8, 4) is 11.6 Å². The fourth-order valence-corrected chi connectivity index (χ4v) is 2.97. The molecule has 0 spiro atoms. The van der Waals surface area contributed by atoms with Gasteiger partial charge in [0.25, 0.3) is 0 Å². The lowest BCUT2D eigenvalue weighted by Gasteiger charge is -2.38. The maximum absolute atomic E-state index is 12.6. The molecule has 3 rings (SSSR count). The first kappa shape index (κ1) is 17.0. The maximum atomic E-state index is 12.6. The fourth-order valence-electron chi connectivity index (χ4n) is 2.97. The number of aryl methyl sites for hydroxylation is 1. The number of carbonyl (C=O) groups is 2. The molecule has 0 saturated carbocycles. The molecule has 25 heavy (non-hydrogen) atoms. The smallest absolute Gasteiger partial charge is 0.391 e. The van der Waals surface area contributed by atoms with Gasteiger partial charge in [0, 0.05) is 38.7 Å². The van der Waals surface area contributed by atoms with E-state index in [2.05, 4.69) is 5.10 Å². The largest absolute Gasteiger partial charge is 0.416 e. The molecular weight excluding hydrogens is 320 g/mol. The van der Waals surface area contributed by atoms with E-state index in [1.54, 1.807) is 27.5 Å². The van der Waals surface area contributed by atoms with E-state index in [4.69, 9.17) is 4.74 Å². The monoisotopic (exact) mass is 342 g/mol. The second-order valence-electron chi connectivity index (χ2n) is 6.25. The summed E-state index contributed by atoms with van der Waals surface area (Å²) < 4.78 is 7.23. The molecule has 0 radical (unpaired) electrons. The van der Waals surface area contributed by atoms with Gasteiger partial charge in [0.2, 0.25) is 11.8 Å². The SMILES string of the molecule is CC(=O)N1CCN(C(=O)Oc2cc(C)nn2-c2ccccc2)C(C)C1. The molecule has 1 fully saturated rings. The Kier molecular flexibility index (Phi) is 4.74. The van der Waals surface area contributed by atoms with Crippen LogP contribution < -0.4 is 4.74 Å². The normalized spacial score (nSPS) is 17.5. The summed E-state index contributed by atoms with van der Waals surface area (Å²) in [6.45, 7) is 6.80. The molecule has 2 heterocycles. The van der Waals surface area contributed by atoms with Crippen LogP contribution in [-0.4, -0.2) is 57.3 Å². The fraction of sp³-hybridized carbons (Fsp3) is 0.389. The summed E-state index contributed by atoms with van der Waals surface area (Å²) in [5, 5.41) is 4.40. The number of hydrogen-bond acceptors (Lipinski definition) is 4. The molecule has 0 N–H and O–H groups in total. The third kappa shape index (κ3) is 3.65. The highest BCUT2D eigenvalue weighted by molar-refractivity contribution is 5.75. The van der Waals surface area contributed by atoms with Crippen LogP contribution in [-0.2, 0) is 4.79 Å². The van der Waals surface area contributed by atoms with Crippen molar-refractivity contribution in [2.75, 3.05) is 19.6 Å². The summed E-state index contributed by atoms with van der Waals surface area (Å²) >= 11 is 0. The zero-order chi connectivity index (χ0) is 18.0. The second kappa shape index (κ2) is 6.96. The average Bonchev–Trinajstić information content (AvgIpc) is 2.95. The number of carbonyl (C=O) groups excluding carboxylic acids is 2.